The Morgan fingerprint density at radius 2 is 2.12 bits per heavy atom. The van der Waals surface area contributed by atoms with Gasteiger partial charge < -0.3 is 15.9 Å². The van der Waals surface area contributed by atoms with Crippen LogP contribution in [-0.2, 0) is 17.6 Å². The molecule has 0 aliphatic heterocycles. The van der Waals surface area contributed by atoms with Crippen molar-refractivity contribution in [3.05, 3.63) is 29.3 Å². The molecular weight excluding hydrogens is 230 g/mol. The number of carbonyl (C=O) groups is 1. The smallest absolute Gasteiger partial charge is 0.320 e. The molecule has 1 rings (SSSR count). The summed E-state index contributed by atoms with van der Waals surface area (Å²) in [6.45, 7) is 0. The predicted molar refractivity (Wildman–Crippen MR) is 61.8 cm³/mol. The average molecular weight is 244 g/mol. The van der Waals surface area contributed by atoms with E-state index in [0.717, 1.165) is 11.1 Å². The Kier molecular flexibility index (Phi) is 4.58. The molecule has 0 aliphatic rings. The van der Waals surface area contributed by atoms with Crippen molar-refractivity contribution in [2.24, 2.45) is 5.73 Å². The molecule has 16 heavy (non-hydrogen) atoms. The third-order valence-corrected chi connectivity index (χ3v) is 2.50. The van der Waals surface area contributed by atoms with Gasteiger partial charge in [0, 0.05) is 5.88 Å². The van der Waals surface area contributed by atoms with E-state index in [2.05, 4.69) is 0 Å². The normalized spacial score (nSPS) is 12.4. The van der Waals surface area contributed by atoms with Gasteiger partial charge in [-0.25, -0.2) is 0 Å². The van der Waals surface area contributed by atoms with E-state index in [4.69, 9.17) is 22.4 Å². The van der Waals surface area contributed by atoms with E-state index < -0.39 is 12.0 Å². The number of nitrogens with two attached hydrogens (primary N) is 1. The highest BCUT2D eigenvalue weighted by Gasteiger charge is 2.14. The molecule has 5 heteroatoms. The van der Waals surface area contributed by atoms with Crippen LogP contribution in [0.2, 0.25) is 0 Å². The molecule has 0 heterocycles. The summed E-state index contributed by atoms with van der Waals surface area (Å²) in [5.41, 5.74) is 7.11. The number of aromatic hydroxyl groups is 1. The van der Waals surface area contributed by atoms with Crippen LogP contribution in [0.15, 0.2) is 18.2 Å². The predicted octanol–water partition coefficient (Wildman–Crippen LogP) is 1.13. The van der Waals surface area contributed by atoms with Crippen LogP contribution in [0.5, 0.6) is 5.75 Å². The standard InChI is InChI=1S/C11H14ClNO3/c12-4-3-8-5-9(14)2-1-7(8)6-10(13)11(15)16/h1-2,5,10,14H,3-4,6,13H2,(H,15,16). The molecular formula is C11H14ClNO3. The minimum Gasteiger partial charge on any atom is -0.508 e. The van der Waals surface area contributed by atoms with Gasteiger partial charge in [0.1, 0.15) is 11.8 Å². The van der Waals surface area contributed by atoms with Crippen LogP contribution in [0.3, 0.4) is 0 Å². The van der Waals surface area contributed by atoms with Gasteiger partial charge in [-0.15, -0.1) is 11.6 Å². The number of halogens is 1. The third-order valence-electron chi connectivity index (χ3n) is 2.31. The van der Waals surface area contributed by atoms with Gasteiger partial charge in [0.15, 0.2) is 0 Å². The first kappa shape index (κ1) is 12.8. The van der Waals surface area contributed by atoms with Gasteiger partial charge >= 0.3 is 5.97 Å². The summed E-state index contributed by atoms with van der Waals surface area (Å²) in [7, 11) is 0. The first-order valence-corrected chi connectivity index (χ1v) is 5.43. The lowest BCUT2D eigenvalue weighted by Gasteiger charge is -2.11. The lowest BCUT2D eigenvalue weighted by Crippen LogP contribution is -2.32. The van der Waals surface area contributed by atoms with E-state index in [9.17, 15) is 9.90 Å². The maximum absolute atomic E-state index is 10.6. The lowest BCUT2D eigenvalue weighted by atomic mass is 9.98. The monoisotopic (exact) mass is 243 g/mol. The number of hydrogen-bond donors (Lipinski definition) is 3. The van der Waals surface area contributed by atoms with Gasteiger partial charge in [-0.1, -0.05) is 6.07 Å². The van der Waals surface area contributed by atoms with Crippen LogP contribution in [-0.4, -0.2) is 28.1 Å². The van der Waals surface area contributed by atoms with Crippen LogP contribution in [0.4, 0.5) is 0 Å². The Balaban J connectivity index is 2.89. The summed E-state index contributed by atoms with van der Waals surface area (Å²) < 4.78 is 0. The molecule has 0 saturated heterocycles. The molecule has 1 atom stereocenters. The summed E-state index contributed by atoms with van der Waals surface area (Å²) in [5, 5.41) is 18.0. The summed E-state index contributed by atoms with van der Waals surface area (Å²) in [6, 6.07) is 3.85. The summed E-state index contributed by atoms with van der Waals surface area (Å²) in [4.78, 5) is 10.6. The van der Waals surface area contributed by atoms with Crippen molar-refractivity contribution in [3.63, 3.8) is 0 Å². The highest BCUT2D eigenvalue weighted by Crippen LogP contribution is 2.19. The SMILES string of the molecule is NC(Cc1ccc(O)cc1CCCl)C(=O)O. The molecule has 0 fully saturated rings. The second-order valence-corrected chi connectivity index (χ2v) is 3.92. The number of alkyl halides is 1. The van der Waals surface area contributed by atoms with Crippen molar-refractivity contribution >= 4 is 17.6 Å². The zero-order chi connectivity index (χ0) is 12.1. The number of hydrogen-bond acceptors (Lipinski definition) is 3. The fourth-order valence-corrected chi connectivity index (χ4v) is 1.67. The van der Waals surface area contributed by atoms with E-state index in [1.54, 1.807) is 12.1 Å². The minimum atomic E-state index is -1.04. The van der Waals surface area contributed by atoms with Crippen molar-refractivity contribution in [2.75, 3.05) is 5.88 Å². The van der Waals surface area contributed by atoms with Crippen molar-refractivity contribution in [2.45, 2.75) is 18.9 Å². The molecule has 0 bridgehead atoms. The van der Waals surface area contributed by atoms with Gasteiger partial charge in [-0.3, -0.25) is 4.79 Å². The van der Waals surface area contributed by atoms with Gasteiger partial charge in [0.2, 0.25) is 0 Å². The van der Waals surface area contributed by atoms with Crippen molar-refractivity contribution in [3.8, 4) is 5.75 Å². The van der Waals surface area contributed by atoms with Crippen molar-refractivity contribution in [1.82, 2.24) is 0 Å². The number of carboxylic acids is 1. The zero-order valence-electron chi connectivity index (χ0n) is 8.69. The molecule has 1 aromatic carbocycles. The number of phenols is 1. The van der Waals surface area contributed by atoms with E-state index in [-0.39, 0.29) is 12.2 Å². The molecule has 0 aromatic heterocycles. The Morgan fingerprint density at radius 3 is 2.69 bits per heavy atom. The Labute approximate surface area is 98.6 Å². The molecule has 1 unspecified atom stereocenters. The van der Waals surface area contributed by atoms with E-state index in [1.165, 1.54) is 6.07 Å². The molecule has 1 aromatic rings. The van der Waals surface area contributed by atoms with Gasteiger partial charge in [-0.2, -0.15) is 0 Å². The number of aryl methyl sites for hydroxylation is 1. The van der Waals surface area contributed by atoms with Crippen LogP contribution in [0, 0.1) is 0 Å². The fourth-order valence-electron chi connectivity index (χ4n) is 1.47. The van der Waals surface area contributed by atoms with Crippen molar-refractivity contribution in [1.29, 1.82) is 0 Å². The van der Waals surface area contributed by atoms with Crippen LogP contribution >= 0.6 is 11.6 Å². The average Bonchev–Trinajstić information content (AvgIpc) is 2.22. The number of benzene rings is 1. The topological polar surface area (TPSA) is 83.5 Å². The molecule has 0 radical (unpaired) electrons. The Bertz CT molecular complexity index is 381. The summed E-state index contributed by atoms with van der Waals surface area (Å²) in [5.74, 6) is -0.476. The quantitative estimate of drug-likeness (QED) is 0.677. The number of carboxylic acid groups (broad SMARTS) is 1. The van der Waals surface area contributed by atoms with Gasteiger partial charge in [0.25, 0.3) is 0 Å². The first-order valence-electron chi connectivity index (χ1n) is 4.89. The largest absolute Gasteiger partial charge is 0.508 e. The third kappa shape index (κ3) is 3.40. The lowest BCUT2D eigenvalue weighted by molar-refractivity contribution is -0.138. The maximum Gasteiger partial charge on any atom is 0.320 e. The molecule has 0 saturated carbocycles. The summed E-state index contributed by atoms with van der Waals surface area (Å²) in [6.07, 6.45) is 0.819. The molecule has 88 valence electrons. The van der Waals surface area contributed by atoms with E-state index >= 15 is 0 Å². The molecule has 0 aliphatic carbocycles. The van der Waals surface area contributed by atoms with Gasteiger partial charge in [0.05, 0.1) is 0 Å². The summed E-state index contributed by atoms with van der Waals surface area (Å²) >= 11 is 5.63. The minimum absolute atomic E-state index is 0.146. The molecule has 4 N–H and O–H groups in total. The number of rotatable bonds is 5. The highest BCUT2D eigenvalue weighted by molar-refractivity contribution is 6.18. The van der Waals surface area contributed by atoms with Crippen LogP contribution in [0.25, 0.3) is 0 Å². The highest BCUT2D eigenvalue weighted by atomic mass is 35.5. The fraction of sp³-hybridized carbons (Fsp3) is 0.364. The van der Waals surface area contributed by atoms with E-state index in [0.29, 0.717) is 12.3 Å². The number of phenolic OH excluding ortho intramolecular Hbond substituents is 1. The Hall–Kier alpha value is -1.26. The van der Waals surface area contributed by atoms with Crippen molar-refractivity contribution < 1.29 is 15.0 Å². The van der Waals surface area contributed by atoms with Crippen LogP contribution < -0.4 is 5.73 Å². The molecule has 0 spiro atoms. The van der Waals surface area contributed by atoms with E-state index in [1.807, 2.05) is 0 Å². The molecule has 4 nitrogen and oxygen atoms in total. The first-order chi connectivity index (χ1) is 7.54. The van der Waals surface area contributed by atoms with Gasteiger partial charge in [-0.05, 0) is 36.1 Å². The second kappa shape index (κ2) is 5.72. The Morgan fingerprint density at radius 1 is 1.44 bits per heavy atom. The molecule has 0 amide bonds. The zero-order valence-corrected chi connectivity index (χ0v) is 9.44. The van der Waals surface area contributed by atoms with Crippen LogP contribution in [0.1, 0.15) is 11.1 Å². The maximum atomic E-state index is 10.6. The number of aliphatic carboxylic acids is 1. The second-order valence-electron chi connectivity index (χ2n) is 3.54.